The maximum Gasteiger partial charge on any atom is 0.305 e. The summed E-state index contributed by atoms with van der Waals surface area (Å²) in [5.41, 5.74) is 0. The van der Waals surface area contributed by atoms with Gasteiger partial charge in [-0.15, -0.1) is 0 Å². The summed E-state index contributed by atoms with van der Waals surface area (Å²) in [5, 5.41) is 9.82. The molecule has 0 aliphatic heterocycles. The SMILES string of the molecule is CCCCCCCCCCCCCCOC(COCCCCCCCCCCCC)CN(CCO)CCCCCC(=O)OCCCCCCCCCC. The van der Waals surface area contributed by atoms with E-state index in [2.05, 4.69) is 25.7 Å². The molecule has 0 rings (SSSR count). The van der Waals surface area contributed by atoms with Crippen LogP contribution >= 0.6 is 0 Å². The minimum atomic E-state index is -0.0500. The summed E-state index contributed by atoms with van der Waals surface area (Å²) in [7, 11) is 0. The number of nitrogens with zero attached hydrogens (tertiary/aromatic N) is 1. The van der Waals surface area contributed by atoms with Crippen molar-refractivity contribution in [3.8, 4) is 0 Å². The van der Waals surface area contributed by atoms with Crippen molar-refractivity contribution in [2.45, 2.75) is 245 Å². The second kappa shape index (κ2) is 45.7. The third-order valence-electron chi connectivity index (χ3n) is 10.8. The molecule has 318 valence electrons. The molecule has 1 N–H and O–H groups in total. The molecule has 0 aromatic rings. The molecule has 53 heavy (non-hydrogen) atoms. The average molecular weight is 754 g/mol. The Morgan fingerprint density at radius 1 is 0.472 bits per heavy atom. The highest BCUT2D eigenvalue weighted by Crippen LogP contribution is 2.14. The van der Waals surface area contributed by atoms with Gasteiger partial charge in [0.2, 0.25) is 0 Å². The van der Waals surface area contributed by atoms with Crippen LogP contribution in [-0.2, 0) is 19.0 Å². The summed E-state index contributed by atoms with van der Waals surface area (Å²) in [4.78, 5) is 14.6. The molecule has 0 radical (unpaired) electrons. The number of aliphatic hydroxyl groups is 1. The molecule has 0 aliphatic rings. The Balaban J connectivity index is 4.35. The van der Waals surface area contributed by atoms with E-state index >= 15 is 0 Å². The lowest BCUT2D eigenvalue weighted by atomic mass is 10.1. The van der Waals surface area contributed by atoms with Gasteiger partial charge >= 0.3 is 5.97 Å². The number of carbonyl (C=O) groups is 1. The molecule has 0 spiro atoms. The Morgan fingerprint density at radius 3 is 1.32 bits per heavy atom. The van der Waals surface area contributed by atoms with Gasteiger partial charge in [-0.3, -0.25) is 9.69 Å². The Hall–Kier alpha value is -0.690. The predicted octanol–water partition coefficient (Wildman–Crippen LogP) is 13.5. The highest BCUT2D eigenvalue weighted by Gasteiger charge is 2.16. The first-order valence-corrected chi connectivity index (χ1v) is 23.9. The van der Waals surface area contributed by atoms with E-state index in [1.54, 1.807) is 0 Å². The van der Waals surface area contributed by atoms with Crippen LogP contribution in [0, 0.1) is 0 Å². The van der Waals surface area contributed by atoms with Crippen molar-refractivity contribution >= 4 is 5.97 Å². The molecular weight excluding hydrogens is 659 g/mol. The fourth-order valence-electron chi connectivity index (χ4n) is 7.25. The lowest BCUT2D eigenvalue weighted by molar-refractivity contribution is -0.143. The van der Waals surface area contributed by atoms with E-state index < -0.39 is 0 Å². The van der Waals surface area contributed by atoms with Gasteiger partial charge in [0.05, 0.1) is 25.9 Å². The fraction of sp³-hybridized carbons (Fsp3) is 0.979. The summed E-state index contributed by atoms with van der Waals surface area (Å²) in [6, 6.07) is 0. The third kappa shape index (κ3) is 42.3. The summed E-state index contributed by atoms with van der Waals surface area (Å²) in [6.07, 6.45) is 42.9. The van der Waals surface area contributed by atoms with Crippen LogP contribution < -0.4 is 0 Å². The number of hydrogen-bond donors (Lipinski definition) is 1. The van der Waals surface area contributed by atoms with Gasteiger partial charge in [0.25, 0.3) is 0 Å². The minimum absolute atomic E-state index is 0.0312. The minimum Gasteiger partial charge on any atom is -0.466 e. The maximum atomic E-state index is 12.2. The first-order chi connectivity index (χ1) is 26.2. The van der Waals surface area contributed by atoms with Crippen molar-refractivity contribution in [1.82, 2.24) is 4.90 Å². The normalized spacial score (nSPS) is 12.2. The van der Waals surface area contributed by atoms with Crippen molar-refractivity contribution in [3.05, 3.63) is 0 Å². The van der Waals surface area contributed by atoms with Crippen LogP contribution in [0.5, 0.6) is 0 Å². The van der Waals surface area contributed by atoms with E-state index in [-0.39, 0.29) is 18.7 Å². The van der Waals surface area contributed by atoms with E-state index in [0.29, 0.717) is 26.2 Å². The highest BCUT2D eigenvalue weighted by molar-refractivity contribution is 5.69. The van der Waals surface area contributed by atoms with Crippen LogP contribution in [0.4, 0.5) is 0 Å². The maximum absolute atomic E-state index is 12.2. The van der Waals surface area contributed by atoms with Crippen LogP contribution in [0.25, 0.3) is 0 Å². The van der Waals surface area contributed by atoms with Gasteiger partial charge in [-0.2, -0.15) is 0 Å². The Labute approximate surface area is 332 Å². The molecule has 0 amide bonds. The molecule has 6 heteroatoms. The zero-order valence-electron chi connectivity index (χ0n) is 36.3. The second-order valence-corrected chi connectivity index (χ2v) is 16.2. The van der Waals surface area contributed by atoms with Gasteiger partial charge in [0, 0.05) is 32.7 Å². The summed E-state index contributed by atoms with van der Waals surface area (Å²) in [5.74, 6) is -0.0500. The van der Waals surface area contributed by atoms with E-state index in [0.717, 1.165) is 71.2 Å². The number of ether oxygens (including phenoxy) is 3. The molecule has 1 unspecified atom stereocenters. The first-order valence-electron chi connectivity index (χ1n) is 23.9. The molecule has 1 atom stereocenters. The number of hydrogen-bond acceptors (Lipinski definition) is 6. The fourth-order valence-corrected chi connectivity index (χ4v) is 7.25. The van der Waals surface area contributed by atoms with Gasteiger partial charge in [-0.05, 0) is 38.6 Å². The van der Waals surface area contributed by atoms with Gasteiger partial charge < -0.3 is 19.3 Å². The zero-order valence-corrected chi connectivity index (χ0v) is 36.3. The van der Waals surface area contributed by atoms with Crippen LogP contribution in [0.1, 0.15) is 239 Å². The van der Waals surface area contributed by atoms with Crippen LogP contribution in [0.15, 0.2) is 0 Å². The summed E-state index contributed by atoms with van der Waals surface area (Å²) < 4.78 is 18.1. The van der Waals surface area contributed by atoms with Crippen molar-refractivity contribution in [2.24, 2.45) is 0 Å². The van der Waals surface area contributed by atoms with Gasteiger partial charge in [0.15, 0.2) is 0 Å². The smallest absolute Gasteiger partial charge is 0.305 e. The van der Waals surface area contributed by atoms with Crippen LogP contribution in [0.3, 0.4) is 0 Å². The molecule has 0 aromatic carbocycles. The molecule has 0 fully saturated rings. The van der Waals surface area contributed by atoms with Gasteiger partial charge in [-0.1, -0.05) is 201 Å². The zero-order chi connectivity index (χ0) is 38.6. The Kier molecular flexibility index (Phi) is 45.1. The van der Waals surface area contributed by atoms with Crippen molar-refractivity contribution in [2.75, 3.05) is 52.7 Å². The standard InChI is InChI=1S/C47H95NO5/c1-4-7-10-13-16-19-21-22-24-27-29-35-42-52-46(45-51-41-34-28-25-23-20-17-14-11-8-5-2)44-48(39-40-49)38-33-31-32-37-47(50)53-43-36-30-26-18-15-12-9-6-3/h46,49H,4-45H2,1-3H3. The quantitative estimate of drug-likeness (QED) is 0.0493. The number of aliphatic hydroxyl groups excluding tert-OH is 1. The van der Waals surface area contributed by atoms with Crippen LogP contribution in [-0.4, -0.2) is 74.7 Å². The molecule has 0 saturated carbocycles. The van der Waals surface area contributed by atoms with Crippen molar-refractivity contribution in [3.63, 3.8) is 0 Å². The van der Waals surface area contributed by atoms with Crippen LogP contribution in [0.2, 0.25) is 0 Å². The Bertz CT molecular complexity index is 692. The largest absolute Gasteiger partial charge is 0.466 e. The number of rotatable bonds is 46. The third-order valence-corrected chi connectivity index (χ3v) is 10.8. The molecule has 0 heterocycles. The number of unbranched alkanes of at least 4 members (excludes halogenated alkanes) is 29. The Morgan fingerprint density at radius 2 is 0.868 bits per heavy atom. The van der Waals surface area contributed by atoms with Crippen molar-refractivity contribution in [1.29, 1.82) is 0 Å². The van der Waals surface area contributed by atoms with Crippen molar-refractivity contribution < 1.29 is 24.1 Å². The first kappa shape index (κ1) is 52.3. The average Bonchev–Trinajstić information content (AvgIpc) is 3.16. The number of carbonyl (C=O) groups excluding carboxylic acids is 1. The monoisotopic (exact) mass is 754 g/mol. The summed E-state index contributed by atoms with van der Waals surface area (Å²) >= 11 is 0. The lowest BCUT2D eigenvalue weighted by Crippen LogP contribution is -2.39. The predicted molar refractivity (Wildman–Crippen MR) is 229 cm³/mol. The van der Waals surface area contributed by atoms with Gasteiger partial charge in [0.1, 0.15) is 0 Å². The molecular formula is C47H95NO5. The summed E-state index contributed by atoms with van der Waals surface area (Å²) in [6.45, 7) is 12.1. The molecule has 0 saturated heterocycles. The lowest BCUT2D eigenvalue weighted by Gasteiger charge is -2.27. The molecule has 0 aliphatic carbocycles. The molecule has 0 bridgehead atoms. The van der Waals surface area contributed by atoms with E-state index in [1.165, 1.54) is 167 Å². The number of esters is 1. The molecule has 0 aromatic heterocycles. The topological polar surface area (TPSA) is 68.2 Å². The van der Waals surface area contributed by atoms with Gasteiger partial charge in [-0.25, -0.2) is 0 Å². The highest BCUT2D eigenvalue weighted by atomic mass is 16.5. The van der Waals surface area contributed by atoms with E-state index in [1.807, 2.05) is 0 Å². The van der Waals surface area contributed by atoms with E-state index in [4.69, 9.17) is 14.2 Å². The molecule has 6 nitrogen and oxygen atoms in total. The second-order valence-electron chi connectivity index (χ2n) is 16.2. The van der Waals surface area contributed by atoms with E-state index in [9.17, 15) is 9.90 Å².